The number of nitriles is 1. The van der Waals surface area contributed by atoms with Crippen LogP contribution in [0.1, 0.15) is 38.1 Å². The van der Waals surface area contributed by atoms with E-state index < -0.39 is 11.7 Å². The molecule has 0 saturated heterocycles. The van der Waals surface area contributed by atoms with E-state index >= 15 is 0 Å². The number of nitrogens with two attached hydrogens (primary N) is 1. The highest BCUT2D eigenvalue weighted by Gasteiger charge is 2.21. The van der Waals surface area contributed by atoms with E-state index in [-0.39, 0.29) is 22.5 Å². The van der Waals surface area contributed by atoms with Crippen molar-refractivity contribution < 1.29 is 9.18 Å². The lowest BCUT2D eigenvalue weighted by Crippen LogP contribution is -2.49. The van der Waals surface area contributed by atoms with E-state index in [4.69, 9.17) is 11.0 Å². The van der Waals surface area contributed by atoms with Crippen LogP contribution in [-0.2, 0) is 0 Å². The lowest BCUT2D eigenvalue weighted by Gasteiger charge is -2.31. The molecule has 0 aliphatic rings. The van der Waals surface area contributed by atoms with E-state index in [2.05, 4.69) is 17.0 Å². The van der Waals surface area contributed by atoms with Gasteiger partial charge in [-0.25, -0.2) is 9.38 Å². The van der Waals surface area contributed by atoms with Gasteiger partial charge < -0.3 is 5.73 Å². The van der Waals surface area contributed by atoms with E-state index in [0.717, 1.165) is 0 Å². The topological polar surface area (TPSA) is 94.5 Å². The summed E-state index contributed by atoms with van der Waals surface area (Å²) in [7, 11) is 0. The zero-order valence-corrected chi connectivity index (χ0v) is 15.5. The zero-order valence-electron chi connectivity index (χ0n) is 15.5. The smallest absolute Gasteiger partial charge is 0.269 e. The highest BCUT2D eigenvalue weighted by molar-refractivity contribution is 5.99. The van der Waals surface area contributed by atoms with Gasteiger partial charge in [0.15, 0.2) is 0 Å². The van der Waals surface area contributed by atoms with Crippen LogP contribution < -0.4 is 11.2 Å². The first kappa shape index (κ1) is 20.9. The van der Waals surface area contributed by atoms with Gasteiger partial charge in [-0.05, 0) is 36.6 Å². The van der Waals surface area contributed by atoms with Crippen LogP contribution in [0.4, 0.5) is 4.39 Å². The number of nitrogens with one attached hydrogen (secondary N) is 1. The Balaban J connectivity index is 3.24. The predicted octanol–water partition coefficient (Wildman–Crippen LogP) is 3.12. The summed E-state index contributed by atoms with van der Waals surface area (Å²) in [5.41, 5.74) is 9.00. The van der Waals surface area contributed by atoms with Crippen molar-refractivity contribution in [1.29, 1.82) is 5.26 Å². The molecule has 0 aliphatic heterocycles. The number of hydrazine groups is 1. The summed E-state index contributed by atoms with van der Waals surface area (Å²) >= 11 is 0. The number of carbonyl (C=O) groups excluding carboxylic acids is 1. The van der Waals surface area contributed by atoms with Crippen LogP contribution in [0.15, 0.2) is 53.3 Å². The molecule has 0 atom stereocenters. The Bertz CT molecular complexity index is 763. The number of nitrogens with zero attached hydrogens (tertiary/aromatic N) is 3. The molecule has 0 fully saturated rings. The van der Waals surface area contributed by atoms with Crippen molar-refractivity contribution >= 4 is 11.7 Å². The number of aliphatic imine (C=N–C) groups is 1. The van der Waals surface area contributed by atoms with Gasteiger partial charge in [-0.15, -0.1) is 0 Å². The fraction of sp³-hybridized carbons (Fsp3) is 0.316. The van der Waals surface area contributed by atoms with Crippen LogP contribution >= 0.6 is 0 Å². The van der Waals surface area contributed by atoms with E-state index in [0.29, 0.717) is 12.2 Å². The fourth-order valence-electron chi connectivity index (χ4n) is 1.98. The molecule has 0 aliphatic carbocycles. The maximum atomic E-state index is 13.1. The molecule has 0 radical (unpaired) electrons. The van der Waals surface area contributed by atoms with E-state index in [9.17, 15) is 9.18 Å². The van der Waals surface area contributed by atoms with Gasteiger partial charge in [-0.1, -0.05) is 27.4 Å². The second kappa shape index (κ2) is 8.81. The molecular formula is C19H24FN5O. The minimum atomic E-state index is -0.437. The average molecular weight is 357 g/mol. The van der Waals surface area contributed by atoms with Crippen molar-refractivity contribution in [2.45, 2.75) is 27.7 Å². The molecule has 0 heterocycles. The van der Waals surface area contributed by atoms with Crippen molar-refractivity contribution in [2.75, 3.05) is 6.54 Å². The maximum absolute atomic E-state index is 13.1. The van der Waals surface area contributed by atoms with E-state index in [1.807, 2.05) is 26.8 Å². The Hall–Kier alpha value is -3.14. The SMILES string of the molecule is C=C(C#N)/N=C(\C=C(\C)N)N(CC(C)(C)C)NC(=O)c1ccc(F)cc1. The summed E-state index contributed by atoms with van der Waals surface area (Å²) < 4.78 is 13.1. The molecule has 3 N–H and O–H groups in total. The molecule has 1 aromatic rings. The maximum Gasteiger partial charge on any atom is 0.269 e. The molecular weight excluding hydrogens is 333 g/mol. The quantitative estimate of drug-likeness (QED) is 0.375. The summed E-state index contributed by atoms with van der Waals surface area (Å²) in [4.78, 5) is 16.7. The van der Waals surface area contributed by atoms with E-state index in [1.165, 1.54) is 29.3 Å². The van der Waals surface area contributed by atoms with Crippen molar-refractivity contribution in [3.8, 4) is 6.07 Å². The monoisotopic (exact) mass is 357 g/mol. The van der Waals surface area contributed by atoms with Crippen LogP contribution in [0, 0.1) is 22.6 Å². The molecule has 138 valence electrons. The number of hydrogen-bond donors (Lipinski definition) is 2. The number of halogens is 1. The zero-order chi connectivity index (χ0) is 19.9. The minimum Gasteiger partial charge on any atom is -0.402 e. The predicted molar refractivity (Wildman–Crippen MR) is 100 cm³/mol. The third-order valence-corrected chi connectivity index (χ3v) is 2.99. The normalized spacial score (nSPS) is 12.3. The standard InChI is InChI=1S/C19H24FN5O/c1-13(22)10-17(23-14(2)11-21)25(12-19(3,4)5)24-18(26)15-6-8-16(20)9-7-15/h6-10H,2,12,22H2,1,3-5H3,(H,24,26)/b13-10-,23-17+. The van der Waals surface area contributed by atoms with Gasteiger partial charge in [0, 0.05) is 23.9 Å². The molecule has 26 heavy (non-hydrogen) atoms. The number of benzene rings is 1. The lowest BCUT2D eigenvalue weighted by atomic mass is 9.96. The second-order valence-electron chi connectivity index (χ2n) is 7.01. The van der Waals surface area contributed by atoms with Crippen molar-refractivity contribution in [1.82, 2.24) is 10.4 Å². The molecule has 6 nitrogen and oxygen atoms in total. The Labute approximate surface area is 153 Å². The second-order valence-corrected chi connectivity index (χ2v) is 7.01. The molecule has 0 saturated carbocycles. The van der Waals surface area contributed by atoms with Gasteiger partial charge >= 0.3 is 0 Å². The average Bonchev–Trinajstić information content (AvgIpc) is 2.52. The van der Waals surface area contributed by atoms with Gasteiger partial charge in [0.25, 0.3) is 5.91 Å². The largest absolute Gasteiger partial charge is 0.402 e. The molecule has 7 heteroatoms. The van der Waals surface area contributed by atoms with Crippen LogP contribution in [0.25, 0.3) is 0 Å². The number of carbonyl (C=O) groups is 1. The Morgan fingerprint density at radius 2 is 2.00 bits per heavy atom. The third kappa shape index (κ3) is 7.18. The first-order valence-corrected chi connectivity index (χ1v) is 7.97. The molecule has 0 unspecified atom stereocenters. The minimum absolute atomic E-state index is 0.0209. The molecule has 1 rings (SSSR count). The van der Waals surface area contributed by atoms with Crippen LogP contribution in [0.2, 0.25) is 0 Å². The number of amides is 1. The van der Waals surface area contributed by atoms with Gasteiger partial charge in [-0.3, -0.25) is 15.2 Å². The van der Waals surface area contributed by atoms with Gasteiger partial charge in [0.2, 0.25) is 0 Å². The van der Waals surface area contributed by atoms with Crippen LogP contribution in [-0.4, -0.2) is 23.3 Å². The third-order valence-electron chi connectivity index (χ3n) is 2.99. The molecule has 1 aromatic carbocycles. The van der Waals surface area contributed by atoms with Gasteiger partial charge in [0.1, 0.15) is 23.4 Å². The highest BCUT2D eigenvalue weighted by atomic mass is 19.1. The number of rotatable bonds is 4. The first-order chi connectivity index (χ1) is 12.0. The number of hydrogen-bond acceptors (Lipinski definition) is 4. The lowest BCUT2D eigenvalue weighted by molar-refractivity contribution is 0.0843. The van der Waals surface area contributed by atoms with Crippen molar-refractivity contribution in [3.63, 3.8) is 0 Å². The van der Waals surface area contributed by atoms with Crippen LogP contribution in [0.3, 0.4) is 0 Å². The molecule has 0 aromatic heterocycles. The Kier molecular flexibility index (Phi) is 7.08. The summed E-state index contributed by atoms with van der Waals surface area (Å²) in [5, 5.41) is 10.5. The van der Waals surface area contributed by atoms with Gasteiger partial charge in [0.05, 0.1) is 0 Å². The summed E-state index contributed by atoms with van der Waals surface area (Å²) in [6.45, 7) is 11.6. The van der Waals surface area contributed by atoms with Crippen molar-refractivity contribution in [3.05, 3.63) is 59.7 Å². The Morgan fingerprint density at radius 3 is 2.46 bits per heavy atom. The summed E-state index contributed by atoms with van der Waals surface area (Å²) in [5.74, 6) is -0.586. The van der Waals surface area contributed by atoms with Crippen molar-refractivity contribution in [2.24, 2.45) is 16.1 Å². The molecule has 0 spiro atoms. The molecule has 0 bridgehead atoms. The summed E-state index contributed by atoms with van der Waals surface area (Å²) in [6, 6.07) is 7.03. The highest BCUT2D eigenvalue weighted by Crippen LogP contribution is 2.16. The van der Waals surface area contributed by atoms with Crippen LogP contribution in [0.5, 0.6) is 0 Å². The fourth-order valence-corrected chi connectivity index (χ4v) is 1.98. The molecule has 1 amide bonds. The first-order valence-electron chi connectivity index (χ1n) is 7.97. The number of amidine groups is 1. The number of allylic oxidation sites excluding steroid dienone is 2. The van der Waals surface area contributed by atoms with Gasteiger partial charge in [-0.2, -0.15) is 5.26 Å². The van der Waals surface area contributed by atoms with E-state index in [1.54, 1.807) is 13.0 Å². The summed E-state index contributed by atoms with van der Waals surface area (Å²) in [6.07, 6.45) is 1.54. The Morgan fingerprint density at radius 1 is 1.42 bits per heavy atom.